The molecular formula is C20H18F2N2O3. The molecule has 0 bridgehead atoms. The molecule has 0 saturated carbocycles. The van der Waals surface area contributed by atoms with Gasteiger partial charge in [-0.2, -0.15) is 14.0 Å². The molecule has 0 heterocycles. The van der Waals surface area contributed by atoms with Gasteiger partial charge in [0.1, 0.15) is 11.6 Å². The largest absolute Gasteiger partial charge is 0.493 e. The Morgan fingerprint density at radius 1 is 1.19 bits per heavy atom. The van der Waals surface area contributed by atoms with Crippen molar-refractivity contribution in [3.05, 3.63) is 65.2 Å². The van der Waals surface area contributed by atoms with Gasteiger partial charge in [0.2, 0.25) is 0 Å². The van der Waals surface area contributed by atoms with Gasteiger partial charge in [0.15, 0.2) is 11.5 Å². The summed E-state index contributed by atoms with van der Waals surface area (Å²) in [5.74, 6) is -0.634. The van der Waals surface area contributed by atoms with Crippen molar-refractivity contribution in [3.63, 3.8) is 0 Å². The van der Waals surface area contributed by atoms with Crippen LogP contribution in [-0.2, 0) is 4.79 Å². The van der Waals surface area contributed by atoms with E-state index in [1.165, 1.54) is 31.4 Å². The fourth-order valence-electron chi connectivity index (χ4n) is 2.39. The fraction of sp³-hybridized carbons (Fsp3) is 0.200. The molecular weight excluding hydrogens is 354 g/mol. The Morgan fingerprint density at radius 2 is 1.89 bits per heavy atom. The second-order valence-corrected chi connectivity index (χ2v) is 5.56. The van der Waals surface area contributed by atoms with Crippen LogP contribution in [0.4, 0.5) is 8.78 Å². The lowest BCUT2D eigenvalue weighted by molar-refractivity contribution is -0.117. The number of carbonyl (C=O) groups is 1. The summed E-state index contributed by atoms with van der Waals surface area (Å²) in [5.41, 5.74) is 1.08. The van der Waals surface area contributed by atoms with Gasteiger partial charge >= 0.3 is 6.61 Å². The van der Waals surface area contributed by atoms with Crippen LogP contribution >= 0.6 is 0 Å². The highest BCUT2D eigenvalue weighted by molar-refractivity contribution is 6.01. The first-order valence-corrected chi connectivity index (χ1v) is 8.05. The Bertz CT molecular complexity index is 861. The molecule has 27 heavy (non-hydrogen) atoms. The minimum absolute atomic E-state index is 0.119. The average molecular weight is 372 g/mol. The molecule has 1 N–H and O–H groups in total. The minimum Gasteiger partial charge on any atom is -0.493 e. The Kier molecular flexibility index (Phi) is 6.89. The van der Waals surface area contributed by atoms with Crippen molar-refractivity contribution in [1.82, 2.24) is 5.32 Å². The molecule has 0 aliphatic rings. The Labute approximate surface area is 155 Å². The summed E-state index contributed by atoms with van der Waals surface area (Å²) in [6, 6.07) is 15.0. The third kappa shape index (κ3) is 5.54. The van der Waals surface area contributed by atoms with Gasteiger partial charge < -0.3 is 14.8 Å². The number of rotatable bonds is 7. The van der Waals surface area contributed by atoms with Crippen molar-refractivity contribution in [1.29, 1.82) is 5.26 Å². The van der Waals surface area contributed by atoms with E-state index in [2.05, 4.69) is 10.1 Å². The Balaban J connectivity index is 2.22. The highest BCUT2D eigenvalue weighted by Gasteiger charge is 2.15. The number of hydrogen-bond acceptors (Lipinski definition) is 4. The molecule has 1 amide bonds. The van der Waals surface area contributed by atoms with Crippen molar-refractivity contribution in [2.45, 2.75) is 19.6 Å². The summed E-state index contributed by atoms with van der Waals surface area (Å²) in [7, 11) is 1.32. The lowest BCUT2D eigenvalue weighted by Gasteiger charge is -2.14. The molecule has 0 fully saturated rings. The smallest absolute Gasteiger partial charge is 0.387 e. The van der Waals surface area contributed by atoms with Crippen molar-refractivity contribution in [2.24, 2.45) is 0 Å². The topological polar surface area (TPSA) is 71.3 Å². The number of ether oxygens (including phenoxy) is 2. The maximum absolute atomic E-state index is 12.5. The van der Waals surface area contributed by atoms with E-state index in [0.29, 0.717) is 5.56 Å². The fourth-order valence-corrected chi connectivity index (χ4v) is 2.39. The first-order valence-electron chi connectivity index (χ1n) is 8.05. The molecule has 1 atom stereocenters. The molecule has 0 radical (unpaired) electrons. The molecule has 0 unspecified atom stereocenters. The van der Waals surface area contributed by atoms with Gasteiger partial charge in [0.25, 0.3) is 5.91 Å². The quantitative estimate of drug-likeness (QED) is 0.587. The molecule has 7 heteroatoms. The van der Waals surface area contributed by atoms with Gasteiger partial charge in [0, 0.05) is 0 Å². The van der Waals surface area contributed by atoms with Crippen LogP contribution in [0.5, 0.6) is 11.5 Å². The van der Waals surface area contributed by atoms with Crippen LogP contribution in [0.25, 0.3) is 6.08 Å². The predicted molar refractivity (Wildman–Crippen MR) is 96.2 cm³/mol. The lowest BCUT2D eigenvalue weighted by atomic mass is 10.1. The molecule has 2 aromatic carbocycles. The van der Waals surface area contributed by atoms with Gasteiger partial charge in [-0.05, 0) is 36.3 Å². The first kappa shape index (κ1) is 19.9. The Hall–Kier alpha value is -3.40. The van der Waals surface area contributed by atoms with Gasteiger partial charge in [-0.1, -0.05) is 36.4 Å². The number of nitrogens with one attached hydrogen (secondary N) is 1. The maximum Gasteiger partial charge on any atom is 0.387 e. The summed E-state index contributed by atoms with van der Waals surface area (Å²) in [6.45, 7) is -1.23. The predicted octanol–water partition coefficient (Wildman–Crippen LogP) is 4.08. The molecule has 2 rings (SSSR count). The number of alkyl halides is 2. The van der Waals surface area contributed by atoms with Crippen molar-refractivity contribution < 1.29 is 23.0 Å². The van der Waals surface area contributed by atoms with Crippen molar-refractivity contribution >= 4 is 12.0 Å². The monoisotopic (exact) mass is 372 g/mol. The molecule has 0 spiro atoms. The summed E-state index contributed by atoms with van der Waals surface area (Å²) in [6.07, 6.45) is 1.30. The van der Waals surface area contributed by atoms with Crippen LogP contribution in [0.2, 0.25) is 0 Å². The highest BCUT2D eigenvalue weighted by Crippen LogP contribution is 2.30. The van der Waals surface area contributed by atoms with Gasteiger partial charge in [-0.25, -0.2) is 0 Å². The van der Waals surface area contributed by atoms with Crippen LogP contribution in [0.15, 0.2) is 54.1 Å². The van der Waals surface area contributed by atoms with Crippen LogP contribution in [0.1, 0.15) is 24.1 Å². The third-order valence-electron chi connectivity index (χ3n) is 3.73. The van der Waals surface area contributed by atoms with Crippen LogP contribution in [-0.4, -0.2) is 19.6 Å². The number of halogens is 2. The number of methoxy groups -OCH3 is 1. The van der Waals surface area contributed by atoms with E-state index in [1.54, 1.807) is 6.92 Å². The Morgan fingerprint density at radius 3 is 2.48 bits per heavy atom. The molecule has 2 aromatic rings. The maximum atomic E-state index is 12.5. The normalized spacial score (nSPS) is 12.2. The number of nitriles is 1. The second kappa shape index (κ2) is 9.34. The second-order valence-electron chi connectivity index (χ2n) is 5.56. The first-order chi connectivity index (χ1) is 12.9. The molecule has 0 aliphatic heterocycles. The number of carbonyl (C=O) groups excluding carboxylic acids is 1. The van der Waals surface area contributed by atoms with E-state index in [-0.39, 0.29) is 23.1 Å². The zero-order chi connectivity index (χ0) is 19.8. The van der Waals surface area contributed by atoms with Gasteiger partial charge in [0.05, 0.1) is 13.2 Å². The van der Waals surface area contributed by atoms with Crippen molar-refractivity contribution in [3.8, 4) is 17.6 Å². The highest BCUT2D eigenvalue weighted by atomic mass is 19.3. The van der Waals surface area contributed by atoms with Crippen molar-refractivity contribution in [2.75, 3.05) is 7.11 Å². The number of benzene rings is 2. The number of hydrogen-bond donors (Lipinski definition) is 1. The van der Waals surface area contributed by atoms with E-state index in [1.807, 2.05) is 36.4 Å². The van der Waals surface area contributed by atoms with Gasteiger partial charge in [-0.3, -0.25) is 4.79 Å². The molecule has 0 saturated heterocycles. The van der Waals surface area contributed by atoms with Crippen LogP contribution in [0, 0.1) is 11.3 Å². The van der Waals surface area contributed by atoms with E-state index in [4.69, 9.17) is 4.74 Å². The summed E-state index contributed by atoms with van der Waals surface area (Å²) in [4.78, 5) is 12.4. The van der Waals surface area contributed by atoms with E-state index in [0.717, 1.165) is 5.56 Å². The van der Waals surface area contributed by atoms with E-state index < -0.39 is 12.5 Å². The summed E-state index contributed by atoms with van der Waals surface area (Å²) in [5, 5.41) is 12.0. The van der Waals surface area contributed by atoms with Crippen LogP contribution in [0.3, 0.4) is 0 Å². The molecule has 5 nitrogen and oxygen atoms in total. The summed E-state index contributed by atoms with van der Waals surface area (Å²) < 4.78 is 34.4. The lowest BCUT2D eigenvalue weighted by Crippen LogP contribution is -2.27. The molecule has 140 valence electrons. The summed E-state index contributed by atoms with van der Waals surface area (Å²) >= 11 is 0. The molecule has 0 aliphatic carbocycles. The zero-order valence-corrected chi connectivity index (χ0v) is 14.8. The van der Waals surface area contributed by atoms with E-state index in [9.17, 15) is 18.8 Å². The number of amides is 1. The third-order valence-corrected chi connectivity index (χ3v) is 3.73. The average Bonchev–Trinajstić information content (AvgIpc) is 2.66. The minimum atomic E-state index is -3.02. The zero-order valence-electron chi connectivity index (χ0n) is 14.8. The van der Waals surface area contributed by atoms with E-state index >= 15 is 0 Å². The molecule has 0 aromatic heterocycles. The SMILES string of the molecule is COc1ccc(/C=C(\C#N)C(=O)N[C@H](C)c2ccccc2)cc1OC(F)F. The van der Waals surface area contributed by atoms with Gasteiger partial charge in [-0.15, -0.1) is 0 Å². The number of nitrogens with zero attached hydrogens (tertiary/aromatic N) is 1. The van der Waals surface area contributed by atoms with Crippen LogP contribution < -0.4 is 14.8 Å². The standard InChI is InChI=1S/C20H18F2N2O3/c1-13(15-6-4-3-5-7-15)24-19(25)16(12-23)10-14-8-9-17(26-2)18(11-14)27-20(21)22/h3-11,13,20H,1-2H3,(H,24,25)/b16-10+/t13-/m1/s1.